The summed E-state index contributed by atoms with van der Waals surface area (Å²) in [5.41, 5.74) is 2.77. The molecule has 0 atom stereocenters. The van der Waals surface area contributed by atoms with Crippen molar-refractivity contribution in [1.82, 2.24) is 29.5 Å². The van der Waals surface area contributed by atoms with Crippen LogP contribution in [0.2, 0.25) is 0 Å². The number of hydrogen-bond acceptors (Lipinski definition) is 4. The summed E-state index contributed by atoms with van der Waals surface area (Å²) in [7, 11) is 1.88. The largest absolute Gasteiger partial charge is 0.273 e. The average Bonchev–Trinajstić information content (AvgIpc) is 2.93. The lowest BCUT2D eigenvalue weighted by atomic mass is 10.2. The summed E-state index contributed by atoms with van der Waals surface area (Å²) in [6.07, 6.45) is 5.38. The lowest BCUT2D eigenvalue weighted by Crippen LogP contribution is -1.98. The Hall–Kier alpha value is -2.28. The maximum absolute atomic E-state index is 5.32. The summed E-state index contributed by atoms with van der Waals surface area (Å²) in [5.74, 6) is 0.753. The SMILES string of the molecule is Cc1nn(C)cc1-n1c(-c2ccncc2)n[nH]c1=S. The molecule has 0 aliphatic carbocycles. The molecule has 0 aromatic carbocycles. The molecule has 0 fully saturated rings. The van der Waals surface area contributed by atoms with Crippen LogP contribution < -0.4 is 0 Å². The van der Waals surface area contributed by atoms with Gasteiger partial charge in [-0.1, -0.05) is 0 Å². The van der Waals surface area contributed by atoms with Gasteiger partial charge in [0, 0.05) is 31.2 Å². The molecule has 0 radical (unpaired) electrons. The van der Waals surface area contributed by atoms with Crippen molar-refractivity contribution < 1.29 is 0 Å². The molecule has 1 N–H and O–H groups in total. The Bertz CT molecular complexity index is 767. The van der Waals surface area contributed by atoms with E-state index in [0.717, 1.165) is 22.8 Å². The molecule has 7 heteroatoms. The van der Waals surface area contributed by atoms with E-state index in [1.807, 2.05) is 36.9 Å². The molecule has 0 aliphatic rings. The highest BCUT2D eigenvalue weighted by atomic mass is 32.1. The molecular weight excluding hydrogens is 260 g/mol. The van der Waals surface area contributed by atoms with Crippen LogP contribution in [0.1, 0.15) is 5.69 Å². The quantitative estimate of drug-likeness (QED) is 0.725. The summed E-state index contributed by atoms with van der Waals surface area (Å²) in [5, 5.41) is 11.5. The minimum Gasteiger partial charge on any atom is -0.273 e. The second-order valence-electron chi connectivity index (χ2n) is 4.20. The molecule has 6 nitrogen and oxygen atoms in total. The number of hydrogen-bond donors (Lipinski definition) is 1. The van der Waals surface area contributed by atoms with E-state index in [9.17, 15) is 0 Å². The van der Waals surface area contributed by atoms with Gasteiger partial charge in [0.2, 0.25) is 0 Å². The number of nitrogens with zero attached hydrogens (tertiary/aromatic N) is 5. The van der Waals surface area contributed by atoms with E-state index in [1.54, 1.807) is 17.1 Å². The van der Waals surface area contributed by atoms with E-state index in [-0.39, 0.29) is 0 Å². The highest BCUT2D eigenvalue weighted by molar-refractivity contribution is 7.71. The molecule has 0 saturated heterocycles. The predicted octanol–water partition coefficient (Wildman–Crippen LogP) is 2.03. The number of aromatic nitrogens is 6. The third-order valence-corrected chi connectivity index (χ3v) is 3.11. The van der Waals surface area contributed by atoms with E-state index in [4.69, 9.17) is 12.2 Å². The van der Waals surface area contributed by atoms with Crippen LogP contribution in [0.4, 0.5) is 0 Å². The van der Waals surface area contributed by atoms with Crippen molar-refractivity contribution in [1.29, 1.82) is 0 Å². The molecule has 3 heterocycles. The van der Waals surface area contributed by atoms with Gasteiger partial charge < -0.3 is 0 Å². The summed E-state index contributed by atoms with van der Waals surface area (Å²) in [6.45, 7) is 1.94. The normalized spacial score (nSPS) is 10.8. The minimum atomic E-state index is 0.544. The average molecular weight is 272 g/mol. The first-order valence-electron chi connectivity index (χ1n) is 5.75. The molecule has 3 aromatic heterocycles. The van der Waals surface area contributed by atoms with Gasteiger partial charge in [0.1, 0.15) is 0 Å². The highest BCUT2D eigenvalue weighted by Gasteiger charge is 2.14. The van der Waals surface area contributed by atoms with Gasteiger partial charge >= 0.3 is 0 Å². The molecular formula is C12H12N6S. The van der Waals surface area contributed by atoms with Gasteiger partial charge in [0.15, 0.2) is 10.6 Å². The lowest BCUT2D eigenvalue weighted by molar-refractivity contribution is 0.756. The van der Waals surface area contributed by atoms with E-state index in [1.165, 1.54) is 0 Å². The fourth-order valence-electron chi connectivity index (χ4n) is 2.02. The third kappa shape index (κ3) is 1.97. The molecule has 0 unspecified atom stereocenters. The van der Waals surface area contributed by atoms with Gasteiger partial charge in [0.25, 0.3) is 0 Å². The van der Waals surface area contributed by atoms with Crippen molar-refractivity contribution in [2.75, 3.05) is 0 Å². The Kier molecular flexibility index (Phi) is 2.75. The standard InChI is InChI=1S/C12H12N6S/c1-8-10(7-17(2)16-8)18-11(14-15-12(18)19)9-3-5-13-6-4-9/h3-7H,1-2H3,(H,15,19). The highest BCUT2D eigenvalue weighted by Crippen LogP contribution is 2.22. The summed E-state index contributed by atoms with van der Waals surface area (Å²) >= 11 is 5.32. The molecule has 19 heavy (non-hydrogen) atoms. The van der Waals surface area contributed by atoms with Crippen molar-refractivity contribution in [2.45, 2.75) is 6.92 Å². The number of aryl methyl sites for hydroxylation is 2. The molecule has 96 valence electrons. The summed E-state index contributed by atoms with van der Waals surface area (Å²) in [4.78, 5) is 4.01. The second-order valence-corrected chi connectivity index (χ2v) is 4.58. The third-order valence-electron chi connectivity index (χ3n) is 2.84. The maximum Gasteiger partial charge on any atom is 0.200 e. The predicted molar refractivity (Wildman–Crippen MR) is 73.5 cm³/mol. The fourth-order valence-corrected chi connectivity index (χ4v) is 2.25. The number of aromatic amines is 1. The Morgan fingerprint density at radius 1 is 1.26 bits per heavy atom. The number of pyridine rings is 1. The van der Waals surface area contributed by atoms with Crippen molar-refractivity contribution in [3.8, 4) is 17.1 Å². The van der Waals surface area contributed by atoms with E-state index < -0.39 is 0 Å². The summed E-state index contributed by atoms with van der Waals surface area (Å²) in [6, 6.07) is 3.79. The van der Waals surface area contributed by atoms with Crippen molar-refractivity contribution in [3.05, 3.63) is 41.2 Å². The number of nitrogens with one attached hydrogen (secondary N) is 1. The first-order valence-corrected chi connectivity index (χ1v) is 6.16. The van der Waals surface area contributed by atoms with Gasteiger partial charge in [-0.3, -0.25) is 19.3 Å². The molecule has 0 aliphatic heterocycles. The monoisotopic (exact) mass is 272 g/mol. The first kappa shape index (κ1) is 11.8. The Balaban J connectivity index is 2.26. The van der Waals surface area contributed by atoms with Gasteiger partial charge in [0.05, 0.1) is 11.4 Å². The number of H-pyrrole nitrogens is 1. The molecule has 3 rings (SSSR count). The molecule has 0 amide bonds. The maximum atomic E-state index is 5.32. The first-order chi connectivity index (χ1) is 9.16. The molecule has 3 aromatic rings. The van der Waals surface area contributed by atoms with E-state index in [0.29, 0.717) is 4.77 Å². The summed E-state index contributed by atoms with van der Waals surface area (Å²) < 4.78 is 4.19. The van der Waals surface area contributed by atoms with Gasteiger partial charge in [-0.15, -0.1) is 0 Å². The smallest absolute Gasteiger partial charge is 0.200 e. The molecule has 0 spiro atoms. The topological polar surface area (TPSA) is 64.3 Å². The molecule has 0 saturated carbocycles. The molecule has 0 bridgehead atoms. The zero-order valence-electron chi connectivity index (χ0n) is 10.5. The van der Waals surface area contributed by atoms with Gasteiger partial charge in [-0.05, 0) is 31.3 Å². The van der Waals surface area contributed by atoms with Crippen LogP contribution in [-0.4, -0.2) is 29.5 Å². The van der Waals surface area contributed by atoms with Gasteiger partial charge in [-0.2, -0.15) is 10.2 Å². The van der Waals surface area contributed by atoms with Crippen LogP contribution in [0.25, 0.3) is 17.1 Å². The Morgan fingerprint density at radius 3 is 2.63 bits per heavy atom. The van der Waals surface area contributed by atoms with Gasteiger partial charge in [-0.25, -0.2) is 0 Å². The van der Waals surface area contributed by atoms with Crippen LogP contribution in [0.15, 0.2) is 30.7 Å². The zero-order valence-corrected chi connectivity index (χ0v) is 11.3. The second kappa shape index (κ2) is 4.43. The number of rotatable bonds is 2. The Labute approximate surface area is 114 Å². The zero-order chi connectivity index (χ0) is 13.4. The van der Waals surface area contributed by atoms with E-state index >= 15 is 0 Å². The van der Waals surface area contributed by atoms with Crippen LogP contribution in [-0.2, 0) is 7.05 Å². The lowest BCUT2D eigenvalue weighted by Gasteiger charge is -2.04. The van der Waals surface area contributed by atoms with Crippen LogP contribution in [0, 0.1) is 11.7 Å². The van der Waals surface area contributed by atoms with Crippen molar-refractivity contribution >= 4 is 12.2 Å². The van der Waals surface area contributed by atoms with Crippen molar-refractivity contribution in [3.63, 3.8) is 0 Å². The van der Waals surface area contributed by atoms with Crippen LogP contribution in [0.3, 0.4) is 0 Å². The van der Waals surface area contributed by atoms with Crippen LogP contribution in [0.5, 0.6) is 0 Å². The minimum absolute atomic E-state index is 0.544. The fraction of sp³-hybridized carbons (Fsp3) is 0.167. The Morgan fingerprint density at radius 2 is 2.00 bits per heavy atom. The van der Waals surface area contributed by atoms with Crippen molar-refractivity contribution in [2.24, 2.45) is 7.05 Å². The van der Waals surface area contributed by atoms with Crippen LogP contribution >= 0.6 is 12.2 Å². The van der Waals surface area contributed by atoms with E-state index in [2.05, 4.69) is 20.3 Å².